The van der Waals surface area contributed by atoms with Crippen molar-refractivity contribution in [2.75, 3.05) is 0 Å². The number of rotatable bonds is 4. The third kappa shape index (κ3) is 2.86. The van der Waals surface area contributed by atoms with Crippen LogP contribution >= 0.6 is 0 Å². The molecule has 2 aromatic rings. The summed E-state index contributed by atoms with van der Waals surface area (Å²) in [6.45, 7) is 2.40. The molecule has 1 heterocycles. The first-order valence-electron chi connectivity index (χ1n) is 10.2. The van der Waals surface area contributed by atoms with Gasteiger partial charge < -0.3 is 5.32 Å². The number of carbonyl (C=O) groups is 1. The topological polar surface area (TPSA) is 54.9 Å². The molecule has 1 aromatic carbocycles. The maximum atomic E-state index is 13.4. The molecule has 4 aliphatic carbocycles. The maximum absolute atomic E-state index is 13.4. The number of nitrogens with one attached hydrogen (secondary N) is 1. The van der Waals surface area contributed by atoms with Crippen LogP contribution in [0, 0.1) is 24.2 Å². The predicted molar refractivity (Wildman–Crippen MR) is 104 cm³/mol. The molecule has 4 bridgehead atoms. The maximum Gasteiger partial charge on any atom is 0.226 e. The Kier molecular flexibility index (Phi) is 3.85. The predicted octanol–water partition coefficient (Wildman–Crippen LogP) is 3.94. The molecule has 0 spiro atoms. The lowest BCUT2D eigenvalue weighted by molar-refractivity contribution is -0.149. The Bertz CT molecular complexity index is 832. The summed E-state index contributed by atoms with van der Waals surface area (Å²) in [6, 6.07) is 10.9. The van der Waals surface area contributed by atoms with Gasteiger partial charge in [0.05, 0.1) is 29.5 Å². The van der Waals surface area contributed by atoms with E-state index in [9.17, 15) is 4.79 Å². The van der Waals surface area contributed by atoms with Gasteiger partial charge in [-0.2, -0.15) is 0 Å². The van der Waals surface area contributed by atoms with Crippen LogP contribution in [0.1, 0.15) is 55.5 Å². The van der Waals surface area contributed by atoms with Gasteiger partial charge >= 0.3 is 0 Å². The summed E-state index contributed by atoms with van der Waals surface area (Å²) in [5.74, 6) is 1.62. The zero-order valence-electron chi connectivity index (χ0n) is 15.9. The average Bonchev–Trinajstić information content (AvgIpc) is 2.67. The summed E-state index contributed by atoms with van der Waals surface area (Å²) in [5.41, 5.74) is 3.18. The van der Waals surface area contributed by atoms with Gasteiger partial charge in [-0.3, -0.25) is 14.8 Å². The van der Waals surface area contributed by atoms with Crippen molar-refractivity contribution in [3.8, 4) is 0 Å². The third-order valence-corrected chi connectivity index (χ3v) is 7.19. The van der Waals surface area contributed by atoms with Crippen LogP contribution in [-0.2, 0) is 16.8 Å². The van der Waals surface area contributed by atoms with Crippen molar-refractivity contribution in [1.82, 2.24) is 15.3 Å². The summed E-state index contributed by atoms with van der Waals surface area (Å²) in [4.78, 5) is 22.0. The van der Waals surface area contributed by atoms with Gasteiger partial charge in [-0.15, -0.1) is 0 Å². The molecule has 1 amide bonds. The van der Waals surface area contributed by atoms with Crippen molar-refractivity contribution in [3.05, 3.63) is 59.7 Å². The van der Waals surface area contributed by atoms with Crippen LogP contribution in [0.5, 0.6) is 0 Å². The molecule has 0 aliphatic heterocycles. The second-order valence-corrected chi connectivity index (χ2v) is 9.22. The molecule has 4 saturated carbocycles. The highest BCUT2D eigenvalue weighted by atomic mass is 16.2. The van der Waals surface area contributed by atoms with Crippen LogP contribution < -0.4 is 5.32 Å². The Morgan fingerprint density at radius 2 is 1.81 bits per heavy atom. The molecule has 0 radical (unpaired) electrons. The number of hydrogen-bond acceptors (Lipinski definition) is 3. The first-order chi connectivity index (χ1) is 13.1. The largest absolute Gasteiger partial charge is 0.350 e. The highest BCUT2D eigenvalue weighted by Gasteiger charge is 2.60. The van der Waals surface area contributed by atoms with Crippen molar-refractivity contribution < 1.29 is 4.79 Å². The van der Waals surface area contributed by atoms with Crippen LogP contribution in [0.3, 0.4) is 0 Å². The van der Waals surface area contributed by atoms with E-state index >= 15 is 0 Å². The first-order valence-corrected chi connectivity index (χ1v) is 10.2. The van der Waals surface area contributed by atoms with E-state index in [1.165, 1.54) is 24.8 Å². The fraction of sp³-hybridized carbons (Fsp3) is 0.522. The zero-order chi connectivity index (χ0) is 18.5. The summed E-state index contributed by atoms with van der Waals surface area (Å²) in [5, 5.41) is 3.20. The standard InChI is InChI=1S/C23H27N3O/c1-16-12-25-20(13-24-16)14-26-21(27)23-10-17-7-18(11-23)9-22(8-17,15-23)19-5-3-2-4-6-19/h2-6,12-13,17-18H,7-11,14-15H2,1H3,(H,26,27)/t17-,18+,22?,23?. The molecule has 27 heavy (non-hydrogen) atoms. The highest BCUT2D eigenvalue weighted by Crippen LogP contribution is 2.65. The lowest BCUT2D eigenvalue weighted by Gasteiger charge is -2.61. The van der Waals surface area contributed by atoms with E-state index in [0.717, 1.165) is 30.7 Å². The number of benzene rings is 1. The SMILES string of the molecule is Cc1cnc(CNC(=O)C23C[C@H]4C[C@@H](C2)CC(c2ccccc2)(C4)C3)cn1. The van der Waals surface area contributed by atoms with E-state index in [4.69, 9.17) is 0 Å². The monoisotopic (exact) mass is 361 g/mol. The minimum Gasteiger partial charge on any atom is -0.350 e. The molecule has 4 fully saturated rings. The Morgan fingerprint density at radius 1 is 1.07 bits per heavy atom. The Balaban J connectivity index is 1.39. The summed E-state index contributed by atoms with van der Waals surface area (Å²) in [7, 11) is 0. The summed E-state index contributed by atoms with van der Waals surface area (Å²) < 4.78 is 0. The van der Waals surface area contributed by atoms with Crippen molar-refractivity contribution in [2.45, 2.75) is 57.4 Å². The molecule has 1 N–H and O–H groups in total. The molecule has 0 saturated heterocycles. The lowest BCUT2D eigenvalue weighted by atomic mass is 9.42. The molecule has 2 unspecified atom stereocenters. The molecule has 4 atom stereocenters. The number of aromatic nitrogens is 2. The van der Waals surface area contributed by atoms with Crippen LogP contribution in [0.25, 0.3) is 0 Å². The minimum atomic E-state index is -0.196. The molecule has 140 valence electrons. The second kappa shape index (κ2) is 6.15. The van der Waals surface area contributed by atoms with Crippen LogP contribution in [-0.4, -0.2) is 15.9 Å². The molecule has 4 aliphatic rings. The smallest absolute Gasteiger partial charge is 0.226 e. The third-order valence-electron chi connectivity index (χ3n) is 7.19. The molecule has 4 heteroatoms. The number of hydrogen-bond donors (Lipinski definition) is 1. The number of aryl methyl sites for hydroxylation is 1. The number of carbonyl (C=O) groups excluding carboxylic acids is 1. The highest BCUT2D eigenvalue weighted by molar-refractivity contribution is 5.83. The fourth-order valence-electron chi connectivity index (χ4n) is 6.53. The van der Waals surface area contributed by atoms with E-state index in [1.807, 2.05) is 6.92 Å². The molecule has 1 aromatic heterocycles. The number of nitrogens with zero attached hydrogens (tertiary/aromatic N) is 2. The average molecular weight is 361 g/mol. The van der Waals surface area contributed by atoms with Gasteiger partial charge in [-0.1, -0.05) is 30.3 Å². The molecular formula is C23H27N3O. The Labute approximate surface area is 160 Å². The zero-order valence-corrected chi connectivity index (χ0v) is 15.9. The van der Waals surface area contributed by atoms with E-state index < -0.39 is 0 Å². The van der Waals surface area contributed by atoms with Crippen molar-refractivity contribution >= 4 is 5.91 Å². The van der Waals surface area contributed by atoms with Gasteiger partial charge in [0, 0.05) is 6.20 Å². The van der Waals surface area contributed by atoms with Crippen LogP contribution in [0.4, 0.5) is 0 Å². The lowest BCUT2D eigenvalue weighted by Crippen LogP contribution is -2.59. The Hall–Kier alpha value is -2.23. The van der Waals surface area contributed by atoms with Crippen molar-refractivity contribution in [3.63, 3.8) is 0 Å². The van der Waals surface area contributed by atoms with E-state index in [2.05, 4.69) is 45.6 Å². The van der Waals surface area contributed by atoms with E-state index in [0.29, 0.717) is 18.4 Å². The Morgan fingerprint density at radius 3 is 2.48 bits per heavy atom. The minimum absolute atomic E-state index is 0.196. The van der Waals surface area contributed by atoms with Gasteiger partial charge in [0.15, 0.2) is 0 Å². The van der Waals surface area contributed by atoms with E-state index in [1.54, 1.807) is 12.4 Å². The fourth-order valence-corrected chi connectivity index (χ4v) is 6.53. The number of amides is 1. The van der Waals surface area contributed by atoms with Crippen molar-refractivity contribution in [2.24, 2.45) is 17.3 Å². The van der Waals surface area contributed by atoms with Crippen LogP contribution in [0.15, 0.2) is 42.7 Å². The summed E-state index contributed by atoms with van der Waals surface area (Å²) >= 11 is 0. The van der Waals surface area contributed by atoms with Gasteiger partial charge in [0.25, 0.3) is 0 Å². The summed E-state index contributed by atoms with van der Waals surface area (Å²) in [6.07, 6.45) is 10.5. The van der Waals surface area contributed by atoms with Gasteiger partial charge in [-0.25, -0.2) is 0 Å². The second-order valence-electron chi connectivity index (χ2n) is 9.22. The van der Waals surface area contributed by atoms with Gasteiger partial charge in [0.1, 0.15) is 0 Å². The normalized spacial score (nSPS) is 33.8. The first kappa shape index (κ1) is 16.9. The van der Waals surface area contributed by atoms with Crippen molar-refractivity contribution in [1.29, 1.82) is 0 Å². The van der Waals surface area contributed by atoms with Crippen LogP contribution in [0.2, 0.25) is 0 Å². The van der Waals surface area contributed by atoms with Gasteiger partial charge in [0.2, 0.25) is 5.91 Å². The molecular weight excluding hydrogens is 334 g/mol. The van der Waals surface area contributed by atoms with Gasteiger partial charge in [-0.05, 0) is 68.3 Å². The molecule has 4 nitrogen and oxygen atoms in total. The quantitative estimate of drug-likeness (QED) is 0.897. The molecule has 6 rings (SSSR count). The van der Waals surface area contributed by atoms with E-state index in [-0.39, 0.29) is 16.7 Å².